The molecule has 1 N–H and O–H groups in total. The second-order valence-corrected chi connectivity index (χ2v) is 6.09. The van der Waals surface area contributed by atoms with Crippen LogP contribution >= 0.6 is 11.6 Å². The molecule has 19 heavy (non-hydrogen) atoms. The van der Waals surface area contributed by atoms with E-state index in [1.54, 1.807) is 17.9 Å². The van der Waals surface area contributed by atoms with E-state index >= 15 is 0 Å². The monoisotopic (exact) mass is 284 g/mol. The van der Waals surface area contributed by atoms with Crippen molar-refractivity contribution >= 4 is 23.4 Å². The van der Waals surface area contributed by atoms with Gasteiger partial charge in [-0.3, -0.25) is 9.59 Å². The highest BCUT2D eigenvalue weighted by molar-refractivity contribution is 6.25. The van der Waals surface area contributed by atoms with Crippen LogP contribution in [0.2, 0.25) is 0 Å². The third-order valence-corrected chi connectivity index (χ3v) is 4.76. The summed E-state index contributed by atoms with van der Waals surface area (Å²) in [6.07, 6.45) is 4.30. The van der Waals surface area contributed by atoms with E-state index in [9.17, 15) is 9.59 Å². The first-order chi connectivity index (χ1) is 8.90. The van der Waals surface area contributed by atoms with Gasteiger partial charge in [0.05, 0.1) is 0 Å². The smallest absolute Gasteiger partial charge is 0.249 e. The molecule has 5 heteroatoms. The van der Waals surface area contributed by atoms with Crippen molar-refractivity contribution in [2.24, 2.45) is 5.92 Å². The van der Waals surface area contributed by atoms with Crippen molar-refractivity contribution in [2.45, 2.75) is 51.1 Å². The highest BCUT2D eigenvalue weighted by Gasteiger charge is 2.59. The van der Waals surface area contributed by atoms with Crippen molar-refractivity contribution in [2.75, 3.05) is 6.54 Å². The van der Waals surface area contributed by atoms with E-state index in [1.807, 2.05) is 13.8 Å². The molecule has 2 aliphatic rings. The van der Waals surface area contributed by atoms with Gasteiger partial charge in [-0.05, 0) is 39.0 Å². The Hall–Kier alpha value is -1.03. The summed E-state index contributed by atoms with van der Waals surface area (Å²) >= 11 is 5.58. The van der Waals surface area contributed by atoms with Gasteiger partial charge in [-0.2, -0.15) is 0 Å². The zero-order chi connectivity index (χ0) is 14.3. The molecule has 1 saturated heterocycles. The summed E-state index contributed by atoms with van der Waals surface area (Å²) in [4.78, 5) is 26.9. The van der Waals surface area contributed by atoms with Gasteiger partial charge in [0.1, 0.15) is 11.1 Å². The fraction of sp³-hybridized carbons (Fsp3) is 0.714. The Balaban J connectivity index is 2.38. The Kier molecular flexibility index (Phi) is 3.65. The number of halogens is 1. The molecule has 1 aliphatic heterocycles. The maximum Gasteiger partial charge on any atom is 0.249 e. The Morgan fingerprint density at radius 3 is 2.53 bits per heavy atom. The first kappa shape index (κ1) is 14.4. The summed E-state index contributed by atoms with van der Waals surface area (Å²) < 4.78 is 0. The minimum atomic E-state index is -0.800. The molecule has 106 valence electrons. The van der Waals surface area contributed by atoms with E-state index in [4.69, 9.17) is 11.6 Å². The molecule has 1 aliphatic carbocycles. The first-order valence-corrected chi connectivity index (χ1v) is 7.23. The summed E-state index contributed by atoms with van der Waals surface area (Å²) in [7, 11) is 0. The maximum atomic E-state index is 12.7. The van der Waals surface area contributed by atoms with Crippen LogP contribution in [0.25, 0.3) is 0 Å². The molecule has 1 saturated carbocycles. The number of nitrogens with zero attached hydrogens (tertiary/aromatic N) is 1. The molecular weight excluding hydrogens is 264 g/mol. The average Bonchev–Trinajstić information content (AvgIpc) is 3.21. The number of amides is 2. The van der Waals surface area contributed by atoms with Crippen LogP contribution in [0.15, 0.2) is 11.6 Å². The number of hydrogen-bond acceptors (Lipinski definition) is 2. The number of piperazine rings is 1. The van der Waals surface area contributed by atoms with Crippen molar-refractivity contribution in [3.05, 3.63) is 11.6 Å². The molecule has 0 aromatic heterocycles. The number of rotatable bonds is 4. The van der Waals surface area contributed by atoms with Crippen LogP contribution in [0.3, 0.4) is 0 Å². The third kappa shape index (κ3) is 2.16. The minimum absolute atomic E-state index is 0.0150. The Bertz CT molecular complexity index is 433. The van der Waals surface area contributed by atoms with Crippen LogP contribution in [0.1, 0.15) is 40.0 Å². The molecule has 2 rings (SSSR count). The van der Waals surface area contributed by atoms with Gasteiger partial charge >= 0.3 is 0 Å². The number of hydrogen-bond donors (Lipinski definition) is 1. The summed E-state index contributed by atoms with van der Waals surface area (Å²) in [6, 6.07) is 0. The molecule has 1 heterocycles. The minimum Gasteiger partial charge on any atom is -0.340 e. The quantitative estimate of drug-likeness (QED) is 0.859. The van der Waals surface area contributed by atoms with Crippen molar-refractivity contribution < 1.29 is 9.59 Å². The van der Waals surface area contributed by atoms with E-state index in [1.165, 1.54) is 5.54 Å². The fourth-order valence-electron chi connectivity index (χ4n) is 2.77. The van der Waals surface area contributed by atoms with Gasteiger partial charge in [0, 0.05) is 12.1 Å². The van der Waals surface area contributed by atoms with E-state index in [2.05, 4.69) is 5.32 Å². The van der Waals surface area contributed by atoms with E-state index in [0.29, 0.717) is 13.0 Å². The maximum absolute atomic E-state index is 12.7. The van der Waals surface area contributed by atoms with E-state index in [0.717, 1.165) is 12.8 Å². The predicted octanol–water partition coefficient (Wildman–Crippen LogP) is 2.03. The van der Waals surface area contributed by atoms with Crippen molar-refractivity contribution in [3.63, 3.8) is 0 Å². The third-order valence-electron chi connectivity index (χ3n) is 4.58. The fourth-order valence-corrected chi connectivity index (χ4v) is 2.85. The zero-order valence-electron chi connectivity index (χ0n) is 11.7. The van der Waals surface area contributed by atoms with Gasteiger partial charge in [-0.25, -0.2) is 0 Å². The second kappa shape index (κ2) is 4.82. The molecule has 0 aromatic rings. The lowest BCUT2D eigenvalue weighted by Crippen LogP contribution is -2.74. The average molecular weight is 285 g/mol. The van der Waals surface area contributed by atoms with Crippen LogP contribution in [-0.4, -0.2) is 34.3 Å². The van der Waals surface area contributed by atoms with Gasteiger partial charge in [0.25, 0.3) is 0 Å². The van der Waals surface area contributed by atoms with Crippen molar-refractivity contribution in [3.8, 4) is 0 Å². The molecule has 0 spiro atoms. The number of nitrogens with one attached hydrogen (secondary N) is 1. The van der Waals surface area contributed by atoms with Crippen molar-refractivity contribution in [1.29, 1.82) is 0 Å². The summed E-state index contributed by atoms with van der Waals surface area (Å²) in [6.45, 7) is 5.96. The molecule has 2 amide bonds. The standard InChI is InChI=1S/C14H21ClN2O2/c1-4-13(2)12(19)17(9-5-8-15)14(3,10-6-7-10)11(18)16-13/h5,8,10H,4,6-7,9H2,1-3H3,(H,16,18)/b8-5+. The van der Waals surface area contributed by atoms with Gasteiger partial charge in [-0.15, -0.1) is 0 Å². The van der Waals surface area contributed by atoms with Crippen LogP contribution in [-0.2, 0) is 9.59 Å². The lowest BCUT2D eigenvalue weighted by molar-refractivity contribution is -0.162. The molecule has 0 radical (unpaired) electrons. The van der Waals surface area contributed by atoms with Crippen LogP contribution in [0.5, 0.6) is 0 Å². The van der Waals surface area contributed by atoms with E-state index < -0.39 is 11.1 Å². The number of carbonyl (C=O) groups excluding carboxylic acids is 2. The summed E-state index contributed by atoms with van der Waals surface area (Å²) in [5.41, 5.74) is -0.135. The molecule has 0 bridgehead atoms. The highest BCUT2D eigenvalue weighted by Crippen LogP contribution is 2.46. The lowest BCUT2D eigenvalue weighted by Gasteiger charge is -2.50. The van der Waals surface area contributed by atoms with Crippen LogP contribution in [0.4, 0.5) is 0 Å². The summed E-state index contributed by atoms with van der Waals surface area (Å²) in [5, 5.41) is 2.92. The van der Waals surface area contributed by atoms with Gasteiger partial charge in [-0.1, -0.05) is 24.6 Å². The molecule has 2 fully saturated rings. The lowest BCUT2D eigenvalue weighted by atomic mass is 9.82. The molecule has 2 atom stereocenters. The zero-order valence-corrected chi connectivity index (χ0v) is 12.5. The SMILES string of the molecule is CCC1(C)NC(=O)C(C)(C2CC2)N(C/C=C/Cl)C1=O. The number of carbonyl (C=O) groups is 2. The molecule has 0 aromatic carbocycles. The van der Waals surface area contributed by atoms with Crippen LogP contribution in [0, 0.1) is 5.92 Å². The Morgan fingerprint density at radius 2 is 2.05 bits per heavy atom. The van der Waals surface area contributed by atoms with Crippen LogP contribution < -0.4 is 5.32 Å². The van der Waals surface area contributed by atoms with Gasteiger partial charge in [0.2, 0.25) is 11.8 Å². The highest BCUT2D eigenvalue weighted by atomic mass is 35.5. The largest absolute Gasteiger partial charge is 0.340 e. The second-order valence-electron chi connectivity index (χ2n) is 5.84. The molecule has 2 unspecified atom stereocenters. The van der Waals surface area contributed by atoms with Crippen molar-refractivity contribution in [1.82, 2.24) is 10.2 Å². The summed E-state index contributed by atoms with van der Waals surface area (Å²) in [5.74, 6) is 0.210. The Morgan fingerprint density at radius 1 is 1.42 bits per heavy atom. The topological polar surface area (TPSA) is 49.4 Å². The predicted molar refractivity (Wildman–Crippen MR) is 74.7 cm³/mol. The van der Waals surface area contributed by atoms with E-state index in [-0.39, 0.29) is 17.7 Å². The molecule has 4 nitrogen and oxygen atoms in total. The molecular formula is C14H21ClN2O2. The normalized spacial score (nSPS) is 35.9. The van der Waals surface area contributed by atoms with Gasteiger partial charge in [0.15, 0.2) is 0 Å². The first-order valence-electron chi connectivity index (χ1n) is 6.80. The Labute approximate surface area is 119 Å². The van der Waals surface area contributed by atoms with Gasteiger partial charge < -0.3 is 10.2 Å².